The molecule has 0 aliphatic carbocycles. The Morgan fingerprint density at radius 2 is 1.79 bits per heavy atom. The number of amides is 2. The maximum absolute atomic E-state index is 13.8. The van der Waals surface area contributed by atoms with E-state index in [1.807, 2.05) is 0 Å². The van der Waals surface area contributed by atoms with Crippen LogP contribution in [-0.4, -0.2) is 31.1 Å². The van der Waals surface area contributed by atoms with Crippen molar-refractivity contribution in [1.29, 1.82) is 0 Å². The van der Waals surface area contributed by atoms with Gasteiger partial charge in [0.25, 0.3) is 15.9 Å². The maximum atomic E-state index is 13.8. The third-order valence-electron chi connectivity index (χ3n) is 4.03. The summed E-state index contributed by atoms with van der Waals surface area (Å²) in [5.41, 5.74) is -0.107. The molecule has 0 atom stereocenters. The van der Waals surface area contributed by atoms with Crippen LogP contribution in [0.3, 0.4) is 0 Å². The molecule has 2 amide bonds. The van der Waals surface area contributed by atoms with Crippen molar-refractivity contribution < 1.29 is 26.8 Å². The van der Waals surface area contributed by atoms with E-state index in [-0.39, 0.29) is 21.7 Å². The quantitative estimate of drug-likeness (QED) is 0.742. The fourth-order valence-corrected chi connectivity index (χ4v) is 4.84. The molecule has 0 aromatic heterocycles. The number of hydrogen-bond donors (Lipinski definition) is 1. The zero-order chi connectivity index (χ0) is 20.6. The monoisotopic (exact) mass is 470 g/mol. The van der Waals surface area contributed by atoms with Crippen molar-refractivity contribution in [2.75, 3.05) is 11.9 Å². The molecule has 0 bridgehead atoms. The summed E-state index contributed by atoms with van der Waals surface area (Å²) < 4.78 is 53.4. The molecule has 146 valence electrons. The van der Waals surface area contributed by atoms with Crippen LogP contribution in [0, 0.1) is 11.6 Å². The van der Waals surface area contributed by atoms with Gasteiger partial charge in [-0.05, 0) is 42.8 Å². The van der Waals surface area contributed by atoms with Crippen LogP contribution in [0.4, 0.5) is 14.5 Å². The van der Waals surface area contributed by atoms with Crippen molar-refractivity contribution in [3.63, 3.8) is 0 Å². The number of rotatable bonds is 4. The minimum atomic E-state index is -4.32. The Labute approximate surface area is 168 Å². The molecular formula is C18H13BrF2N2O4S. The fourth-order valence-electron chi connectivity index (χ4n) is 2.73. The summed E-state index contributed by atoms with van der Waals surface area (Å²) in [6.45, 7) is 0.490. The highest BCUT2D eigenvalue weighted by Crippen LogP contribution is 2.35. The molecule has 1 aliphatic rings. The van der Waals surface area contributed by atoms with E-state index >= 15 is 0 Å². The Kier molecular flexibility index (Phi) is 5.35. The Morgan fingerprint density at radius 3 is 2.39 bits per heavy atom. The summed E-state index contributed by atoms with van der Waals surface area (Å²) in [4.78, 5) is 24.4. The lowest BCUT2D eigenvalue weighted by Crippen LogP contribution is -2.38. The van der Waals surface area contributed by atoms with E-state index < -0.39 is 40.0 Å². The molecule has 28 heavy (non-hydrogen) atoms. The number of nitrogens with zero attached hydrogens (tertiary/aromatic N) is 1. The van der Waals surface area contributed by atoms with Gasteiger partial charge in [0, 0.05) is 10.0 Å². The number of hydrogen-bond acceptors (Lipinski definition) is 4. The molecule has 3 rings (SSSR count). The van der Waals surface area contributed by atoms with Gasteiger partial charge in [-0.2, -0.15) is 0 Å². The van der Waals surface area contributed by atoms with Crippen molar-refractivity contribution in [2.45, 2.75) is 6.92 Å². The first-order chi connectivity index (χ1) is 13.1. The van der Waals surface area contributed by atoms with Gasteiger partial charge in [-0.1, -0.05) is 28.1 Å². The van der Waals surface area contributed by atoms with Crippen LogP contribution in [0.25, 0.3) is 4.91 Å². The first kappa shape index (κ1) is 20.2. The highest BCUT2D eigenvalue weighted by Gasteiger charge is 2.43. The first-order valence-electron chi connectivity index (χ1n) is 7.90. The molecule has 2 aromatic carbocycles. The first-order valence-corrected chi connectivity index (χ1v) is 10.1. The number of nitrogens with one attached hydrogen (secondary N) is 1. The summed E-state index contributed by atoms with van der Waals surface area (Å²) in [6.07, 6.45) is 0. The fraction of sp³-hybridized carbons (Fsp3) is 0.111. The summed E-state index contributed by atoms with van der Waals surface area (Å²) in [6, 6.07) is 8.54. The minimum Gasteiger partial charge on any atom is -0.322 e. The zero-order valence-electron chi connectivity index (χ0n) is 14.4. The molecule has 0 saturated heterocycles. The van der Waals surface area contributed by atoms with Crippen molar-refractivity contribution >= 4 is 48.4 Å². The Bertz CT molecular complexity index is 1110. The van der Waals surface area contributed by atoms with Crippen molar-refractivity contribution in [3.8, 4) is 0 Å². The van der Waals surface area contributed by atoms with E-state index in [1.54, 1.807) is 0 Å². The van der Waals surface area contributed by atoms with E-state index in [1.165, 1.54) is 31.2 Å². The third-order valence-corrected chi connectivity index (χ3v) is 6.46. The molecule has 1 heterocycles. The number of halogens is 3. The minimum absolute atomic E-state index is 0.0887. The molecular weight excluding hydrogens is 458 g/mol. The van der Waals surface area contributed by atoms with E-state index in [0.29, 0.717) is 8.78 Å². The average molecular weight is 471 g/mol. The lowest BCUT2D eigenvalue weighted by molar-refractivity contribution is -0.126. The molecule has 0 spiro atoms. The summed E-state index contributed by atoms with van der Waals surface area (Å²) >= 11 is 3.08. The van der Waals surface area contributed by atoms with Gasteiger partial charge in [-0.3, -0.25) is 9.59 Å². The molecule has 0 saturated carbocycles. The number of carbonyl (C=O) groups excluding carboxylic acids is 2. The highest BCUT2D eigenvalue weighted by molar-refractivity contribution is 9.10. The number of sulfonamides is 1. The number of benzene rings is 2. The number of carbonyl (C=O) groups is 2. The van der Waals surface area contributed by atoms with Crippen LogP contribution in [0.1, 0.15) is 12.5 Å². The lowest BCUT2D eigenvalue weighted by atomic mass is 10.1. The molecule has 2 aromatic rings. The van der Waals surface area contributed by atoms with Crippen LogP contribution in [-0.2, 0) is 19.6 Å². The lowest BCUT2D eigenvalue weighted by Gasteiger charge is -2.16. The predicted octanol–water partition coefficient (Wildman–Crippen LogP) is 3.27. The Hall–Kier alpha value is -2.59. The second-order valence-electron chi connectivity index (χ2n) is 5.95. The molecule has 6 nitrogen and oxygen atoms in total. The molecule has 0 unspecified atom stereocenters. The van der Waals surface area contributed by atoms with Gasteiger partial charge in [-0.25, -0.2) is 21.5 Å². The zero-order valence-corrected chi connectivity index (χ0v) is 16.8. The Morgan fingerprint density at radius 1 is 1.14 bits per heavy atom. The highest BCUT2D eigenvalue weighted by atomic mass is 79.9. The SMILES string of the molecule is CC1=C(c2ccc(F)cc2)S(=O)(=O)N(CC(=O)Nc2ccc(Br)cc2F)C1=O. The van der Waals surface area contributed by atoms with Crippen molar-refractivity contribution in [1.82, 2.24) is 4.31 Å². The average Bonchev–Trinajstić information content (AvgIpc) is 2.78. The standard InChI is InChI=1S/C18H13BrF2N2O4S/c1-10-17(11-2-5-13(20)6-3-11)28(26,27)23(18(10)25)9-16(24)22-15-7-4-12(19)8-14(15)21/h2-8H,9H2,1H3,(H,22,24). The van der Waals surface area contributed by atoms with Gasteiger partial charge in [0.2, 0.25) is 5.91 Å². The summed E-state index contributed by atoms with van der Waals surface area (Å²) in [5.74, 6) is -3.03. The van der Waals surface area contributed by atoms with Gasteiger partial charge >= 0.3 is 0 Å². The molecule has 0 fully saturated rings. The van der Waals surface area contributed by atoms with Gasteiger partial charge < -0.3 is 5.32 Å². The smallest absolute Gasteiger partial charge is 0.268 e. The number of anilines is 1. The topological polar surface area (TPSA) is 83.6 Å². The van der Waals surface area contributed by atoms with E-state index in [2.05, 4.69) is 21.2 Å². The second-order valence-corrected chi connectivity index (χ2v) is 8.67. The van der Waals surface area contributed by atoms with E-state index in [9.17, 15) is 26.8 Å². The van der Waals surface area contributed by atoms with Crippen LogP contribution < -0.4 is 5.32 Å². The van der Waals surface area contributed by atoms with Crippen LogP contribution in [0.15, 0.2) is 52.5 Å². The largest absolute Gasteiger partial charge is 0.322 e. The maximum Gasteiger partial charge on any atom is 0.268 e. The van der Waals surface area contributed by atoms with Crippen LogP contribution in [0.5, 0.6) is 0 Å². The molecule has 10 heteroatoms. The molecule has 0 radical (unpaired) electrons. The summed E-state index contributed by atoms with van der Waals surface area (Å²) in [7, 11) is -4.32. The van der Waals surface area contributed by atoms with Gasteiger partial charge in [0.05, 0.1) is 5.69 Å². The molecule has 1 aliphatic heterocycles. The van der Waals surface area contributed by atoms with Crippen molar-refractivity contribution in [3.05, 3.63) is 69.7 Å². The normalized spacial score (nSPS) is 15.9. The second kappa shape index (κ2) is 7.44. The van der Waals surface area contributed by atoms with Gasteiger partial charge in [-0.15, -0.1) is 0 Å². The Balaban J connectivity index is 1.85. The third kappa shape index (κ3) is 3.69. The van der Waals surface area contributed by atoms with E-state index in [0.717, 1.165) is 18.2 Å². The molecule has 1 N–H and O–H groups in total. The summed E-state index contributed by atoms with van der Waals surface area (Å²) in [5, 5.41) is 2.24. The van der Waals surface area contributed by atoms with Crippen molar-refractivity contribution in [2.24, 2.45) is 0 Å². The van der Waals surface area contributed by atoms with Crippen LogP contribution in [0.2, 0.25) is 0 Å². The van der Waals surface area contributed by atoms with Crippen LogP contribution >= 0.6 is 15.9 Å². The van der Waals surface area contributed by atoms with E-state index in [4.69, 9.17) is 0 Å². The predicted molar refractivity (Wildman–Crippen MR) is 102 cm³/mol. The van der Waals surface area contributed by atoms with Gasteiger partial charge in [0.1, 0.15) is 23.1 Å². The van der Waals surface area contributed by atoms with Gasteiger partial charge in [0.15, 0.2) is 0 Å².